The van der Waals surface area contributed by atoms with E-state index in [1.807, 2.05) is 31.2 Å². The van der Waals surface area contributed by atoms with Crippen molar-refractivity contribution >= 4 is 16.4 Å². The molecule has 8 heteroatoms. The van der Waals surface area contributed by atoms with Crippen molar-refractivity contribution in [1.82, 2.24) is 0 Å². The number of carbonyl (C=O) groups excluding carboxylic acids is 1. The Balaban J connectivity index is 1.79. The molecular formula is C25H26O7S. The number of ether oxygens (including phenoxy) is 3. The lowest BCUT2D eigenvalue weighted by atomic mass is 10.1. The molecule has 0 unspecified atom stereocenters. The third-order valence-corrected chi connectivity index (χ3v) is 6.24. The smallest absolute Gasteiger partial charge is 0.339 e. The molecule has 0 heterocycles. The molecule has 0 bridgehead atoms. The van der Waals surface area contributed by atoms with Gasteiger partial charge in [0.1, 0.15) is 16.9 Å². The molecule has 0 aromatic heterocycles. The predicted octanol–water partition coefficient (Wildman–Crippen LogP) is 4.63. The maximum Gasteiger partial charge on any atom is 0.339 e. The van der Waals surface area contributed by atoms with Gasteiger partial charge in [-0.1, -0.05) is 35.9 Å². The molecule has 0 fully saturated rings. The third-order valence-electron chi connectivity index (χ3n) is 4.99. The minimum absolute atomic E-state index is 0.0425. The lowest BCUT2D eigenvalue weighted by Gasteiger charge is -2.18. The van der Waals surface area contributed by atoms with Crippen molar-refractivity contribution in [3.63, 3.8) is 0 Å². The zero-order valence-corrected chi connectivity index (χ0v) is 19.5. The summed E-state index contributed by atoms with van der Waals surface area (Å²) >= 11 is 0. The number of aryl methyl sites for hydroxylation is 1. The molecule has 0 N–H and O–H groups in total. The Morgan fingerprint density at radius 1 is 0.879 bits per heavy atom. The second kappa shape index (κ2) is 11.0. The molecule has 0 saturated heterocycles. The normalized spacial score (nSPS) is 12.1. The lowest BCUT2D eigenvalue weighted by Crippen LogP contribution is -2.11. The molecule has 3 rings (SSSR count). The molecule has 33 heavy (non-hydrogen) atoms. The van der Waals surface area contributed by atoms with E-state index in [-0.39, 0.29) is 29.4 Å². The van der Waals surface area contributed by atoms with E-state index < -0.39 is 16.2 Å². The fourth-order valence-corrected chi connectivity index (χ4v) is 4.07. The van der Waals surface area contributed by atoms with Gasteiger partial charge in [-0.25, -0.2) is 0 Å². The van der Waals surface area contributed by atoms with Crippen molar-refractivity contribution in [3.8, 4) is 17.2 Å². The van der Waals surface area contributed by atoms with Crippen LogP contribution in [0, 0.1) is 6.92 Å². The maximum atomic E-state index is 12.6. The fourth-order valence-electron chi connectivity index (χ4n) is 3.13. The summed E-state index contributed by atoms with van der Waals surface area (Å²) in [6, 6.07) is 18.5. The first-order valence-corrected chi connectivity index (χ1v) is 11.6. The van der Waals surface area contributed by atoms with Crippen molar-refractivity contribution in [1.29, 1.82) is 0 Å². The average molecular weight is 471 g/mol. The Bertz CT molecular complexity index is 1170. The van der Waals surface area contributed by atoms with E-state index >= 15 is 0 Å². The SMILES string of the molecule is COc1ccc(CO[C@@H](CC=O)c2ccc(OS(=O)(=O)c3ccc(C)cc3)c(OC)c2)cc1. The van der Waals surface area contributed by atoms with Crippen molar-refractivity contribution in [2.75, 3.05) is 14.2 Å². The second-order valence-corrected chi connectivity index (χ2v) is 8.86. The van der Waals surface area contributed by atoms with Crippen LogP contribution in [0.15, 0.2) is 71.6 Å². The summed E-state index contributed by atoms with van der Waals surface area (Å²) < 4.78 is 47.1. The Labute approximate surface area is 194 Å². The molecule has 3 aromatic carbocycles. The van der Waals surface area contributed by atoms with Crippen LogP contribution in [0.2, 0.25) is 0 Å². The van der Waals surface area contributed by atoms with Crippen LogP contribution >= 0.6 is 0 Å². The van der Waals surface area contributed by atoms with Crippen LogP contribution in [0.5, 0.6) is 17.2 Å². The topological polar surface area (TPSA) is 88.1 Å². The first-order valence-electron chi connectivity index (χ1n) is 10.2. The minimum atomic E-state index is -4.04. The fraction of sp³-hybridized carbons (Fsp3) is 0.240. The molecule has 174 valence electrons. The monoisotopic (exact) mass is 470 g/mol. The van der Waals surface area contributed by atoms with Crippen LogP contribution < -0.4 is 13.7 Å². The van der Waals surface area contributed by atoms with Gasteiger partial charge in [-0.05, 0) is 54.4 Å². The molecule has 0 spiro atoms. The van der Waals surface area contributed by atoms with Gasteiger partial charge in [-0.2, -0.15) is 8.42 Å². The molecule has 0 aliphatic carbocycles. The molecule has 0 aliphatic rings. The molecule has 1 atom stereocenters. The lowest BCUT2D eigenvalue weighted by molar-refractivity contribution is -0.110. The zero-order valence-electron chi connectivity index (χ0n) is 18.7. The number of carbonyl (C=O) groups is 1. The first kappa shape index (κ1) is 24.3. The van der Waals surface area contributed by atoms with E-state index in [1.165, 1.54) is 25.3 Å². The average Bonchev–Trinajstić information content (AvgIpc) is 2.82. The van der Waals surface area contributed by atoms with Crippen molar-refractivity contribution < 1.29 is 31.6 Å². The molecule has 0 aliphatic heterocycles. The molecule has 0 amide bonds. The van der Waals surface area contributed by atoms with Crippen LogP contribution in [0.1, 0.15) is 29.2 Å². The number of benzene rings is 3. The molecule has 3 aromatic rings. The van der Waals surface area contributed by atoms with Crippen LogP contribution in [0.4, 0.5) is 0 Å². The van der Waals surface area contributed by atoms with Gasteiger partial charge < -0.3 is 23.2 Å². The van der Waals surface area contributed by atoms with Gasteiger partial charge >= 0.3 is 10.1 Å². The number of hydrogen-bond acceptors (Lipinski definition) is 7. The summed E-state index contributed by atoms with van der Waals surface area (Å²) in [6.45, 7) is 2.15. The summed E-state index contributed by atoms with van der Waals surface area (Å²) in [5.74, 6) is 0.998. The van der Waals surface area contributed by atoms with Crippen molar-refractivity contribution in [3.05, 3.63) is 83.4 Å². The highest BCUT2D eigenvalue weighted by molar-refractivity contribution is 7.87. The molecule has 0 radical (unpaired) electrons. The Kier molecular flexibility index (Phi) is 8.08. The summed E-state index contributed by atoms with van der Waals surface area (Å²) in [5, 5.41) is 0. The Morgan fingerprint density at radius 2 is 1.58 bits per heavy atom. The van der Waals surface area contributed by atoms with E-state index in [2.05, 4.69) is 0 Å². The van der Waals surface area contributed by atoms with Crippen molar-refractivity contribution in [2.24, 2.45) is 0 Å². The van der Waals surface area contributed by atoms with Crippen LogP contribution in [-0.4, -0.2) is 28.9 Å². The van der Waals surface area contributed by atoms with Gasteiger partial charge in [-0.3, -0.25) is 0 Å². The van der Waals surface area contributed by atoms with Gasteiger partial charge in [0.25, 0.3) is 0 Å². The molecule has 7 nitrogen and oxygen atoms in total. The zero-order chi connectivity index (χ0) is 23.8. The van der Waals surface area contributed by atoms with Crippen molar-refractivity contribution in [2.45, 2.75) is 31.0 Å². The highest BCUT2D eigenvalue weighted by Gasteiger charge is 2.21. The second-order valence-electron chi connectivity index (χ2n) is 7.31. The number of aldehydes is 1. The predicted molar refractivity (Wildman–Crippen MR) is 123 cm³/mol. The van der Waals surface area contributed by atoms with Gasteiger partial charge in [0.15, 0.2) is 11.5 Å². The van der Waals surface area contributed by atoms with E-state index in [9.17, 15) is 13.2 Å². The number of rotatable bonds is 11. The maximum absolute atomic E-state index is 12.6. The summed E-state index contributed by atoms with van der Waals surface area (Å²) in [6.07, 6.45) is 0.361. The highest BCUT2D eigenvalue weighted by atomic mass is 32.2. The molecular weight excluding hydrogens is 444 g/mol. The summed E-state index contributed by atoms with van der Waals surface area (Å²) in [5.41, 5.74) is 2.52. The van der Waals surface area contributed by atoms with E-state index in [4.69, 9.17) is 18.4 Å². The van der Waals surface area contributed by atoms with Crippen LogP contribution in [-0.2, 0) is 26.3 Å². The van der Waals surface area contributed by atoms with Crippen LogP contribution in [0.3, 0.4) is 0 Å². The van der Waals surface area contributed by atoms with Crippen LogP contribution in [0.25, 0.3) is 0 Å². The number of methoxy groups -OCH3 is 2. The standard InChI is InChI=1S/C25H26O7S/c1-18-4-11-22(12-5-18)33(27,28)32-24-13-8-20(16-25(24)30-3)23(14-15-26)31-17-19-6-9-21(29-2)10-7-19/h4-13,15-16,23H,14,17H2,1-3H3/t23-/m0/s1. The molecule has 0 saturated carbocycles. The van der Waals surface area contributed by atoms with Gasteiger partial charge in [-0.15, -0.1) is 0 Å². The minimum Gasteiger partial charge on any atom is -0.497 e. The summed E-state index contributed by atoms with van der Waals surface area (Å²) in [7, 11) is -1.03. The number of hydrogen-bond donors (Lipinski definition) is 0. The third kappa shape index (κ3) is 6.34. The van der Waals surface area contributed by atoms with Gasteiger partial charge in [0, 0.05) is 6.42 Å². The Morgan fingerprint density at radius 3 is 2.18 bits per heavy atom. The largest absolute Gasteiger partial charge is 0.497 e. The summed E-state index contributed by atoms with van der Waals surface area (Å²) in [4.78, 5) is 11.3. The highest BCUT2D eigenvalue weighted by Crippen LogP contribution is 2.34. The van der Waals surface area contributed by atoms with E-state index in [0.29, 0.717) is 5.56 Å². The van der Waals surface area contributed by atoms with E-state index in [1.54, 1.807) is 31.4 Å². The Hall–Kier alpha value is -3.36. The quantitative estimate of drug-likeness (QED) is 0.298. The first-order chi connectivity index (χ1) is 15.9. The van der Waals surface area contributed by atoms with E-state index in [0.717, 1.165) is 23.2 Å². The van der Waals surface area contributed by atoms with Gasteiger partial charge in [0.2, 0.25) is 0 Å². The van der Waals surface area contributed by atoms with Gasteiger partial charge in [0.05, 0.1) is 26.9 Å².